The van der Waals surface area contributed by atoms with Crippen molar-refractivity contribution < 1.29 is 23.1 Å². The van der Waals surface area contributed by atoms with Crippen LogP contribution in [0.25, 0.3) is 0 Å². The third-order valence-electron chi connectivity index (χ3n) is 5.27. The first-order chi connectivity index (χ1) is 13.1. The van der Waals surface area contributed by atoms with Crippen molar-refractivity contribution in [1.29, 1.82) is 0 Å². The van der Waals surface area contributed by atoms with Gasteiger partial charge in [0, 0.05) is 12.8 Å². The van der Waals surface area contributed by atoms with Crippen LogP contribution in [0.15, 0.2) is 29.1 Å². The van der Waals surface area contributed by atoms with Gasteiger partial charge in [-0.1, -0.05) is 0 Å². The Morgan fingerprint density at radius 2 is 2.30 bits per heavy atom. The van der Waals surface area contributed by atoms with Gasteiger partial charge >= 0.3 is 0 Å². The van der Waals surface area contributed by atoms with Crippen LogP contribution in [0.4, 0.5) is 4.39 Å². The molecule has 2 aliphatic rings. The van der Waals surface area contributed by atoms with Gasteiger partial charge in [-0.3, -0.25) is 4.79 Å². The average Bonchev–Trinajstić information content (AvgIpc) is 3.07. The standard InChI is InChI=1S/C19H22FN3O4/c1-13-16(26-12-22-13)18(24)23-10-19(11-23)9-14(5-8-27-19)4-7-25-17-15(20)3-2-6-21-17/h2-3,6,12,14H,4-5,7-11H2,1H3/t14-/m0/s1. The quantitative estimate of drug-likeness (QED) is 0.799. The van der Waals surface area contributed by atoms with Crippen molar-refractivity contribution in [2.24, 2.45) is 5.92 Å². The van der Waals surface area contributed by atoms with E-state index in [9.17, 15) is 9.18 Å². The lowest BCUT2D eigenvalue weighted by atomic mass is 9.79. The summed E-state index contributed by atoms with van der Waals surface area (Å²) in [5.74, 6) is 0.159. The van der Waals surface area contributed by atoms with Crippen LogP contribution in [0.3, 0.4) is 0 Å². The first-order valence-electron chi connectivity index (χ1n) is 9.13. The zero-order valence-corrected chi connectivity index (χ0v) is 15.2. The van der Waals surface area contributed by atoms with Crippen molar-refractivity contribution in [3.05, 3.63) is 42.0 Å². The van der Waals surface area contributed by atoms with Gasteiger partial charge in [0.25, 0.3) is 5.91 Å². The van der Waals surface area contributed by atoms with Crippen LogP contribution in [0.5, 0.6) is 5.88 Å². The molecule has 2 aromatic rings. The molecule has 0 aliphatic carbocycles. The first kappa shape index (κ1) is 17.9. The molecule has 8 heteroatoms. The van der Waals surface area contributed by atoms with Crippen molar-refractivity contribution in [2.45, 2.75) is 31.8 Å². The summed E-state index contributed by atoms with van der Waals surface area (Å²) >= 11 is 0. The number of carbonyl (C=O) groups excluding carboxylic acids is 1. The molecule has 144 valence electrons. The molecule has 0 saturated carbocycles. The maximum atomic E-state index is 13.5. The molecule has 2 aliphatic heterocycles. The van der Waals surface area contributed by atoms with Crippen LogP contribution >= 0.6 is 0 Å². The summed E-state index contributed by atoms with van der Waals surface area (Å²) < 4.78 is 30.2. The molecule has 0 unspecified atom stereocenters. The van der Waals surface area contributed by atoms with E-state index in [1.807, 2.05) is 0 Å². The molecule has 4 heterocycles. The summed E-state index contributed by atoms with van der Waals surface area (Å²) in [6.07, 6.45) is 5.40. The number of aromatic nitrogens is 2. The SMILES string of the molecule is Cc1ncoc1C(=O)N1CC2(C[C@@H](CCOc3ncccc3F)CCO2)C1. The van der Waals surface area contributed by atoms with Gasteiger partial charge in [0.1, 0.15) is 5.60 Å². The molecule has 7 nitrogen and oxygen atoms in total. The maximum Gasteiger partial charge on any atom is 0.291 e. The molecular formula is C19H22FN3O4. The largest absolute Gasteiger partial charge is 0.476 e. The fraction of sp³-hybridized carbons (Fsp3) is 0.526. The van der Waals surface area contributed by atoms with Gasteiger partial charge in [-0.05, 0) is 44.2 Å². The topological polar surface area (TPSA) is 77.7 Å². The Morgan fingerprint density at radius 3 is 3.04 bits per heavy atom. The number of hydrogen-bond donors (Lipinski definition) is 0. The number of likely N-dealkylation sites (tertiary alicyclic amines) is 1. The van der Waals surface area contributed by atoms with Crippen molar-refractivity contribution in [1.82, 2.24) is 14.9 Å². The highest BCUT2D eigenvalue weighted by atomic mass is 19.1. The number of aryl methyl sites for hydroxylation is 1. The van der Waals surface area contributed by atoms with E-state index in [2.05, 4.69) is 9.97 Å². The summed E-state index contributed by atoms with van der Waals surface area (Å²) in [4.78, 5) is 22.0. The zero-order valence-electron chi connectivity index (χ0n) is 15.2. The number of rotatable bonds is 5. The van der Waals surface area contributed by atoms with Gasteiger partial charge in [-0.2, -0.15) is 0 Å². The van der Waals surface area contributed by atoms with Crippen LogP contribution in [0.2, 0.25) is 0 Å². The van der Waals surface area contributed by atoms with E-state index in [1.165, 1.54) is 24.7 Å². The minimum absolute atomic E-state index is 0.0436. The smallest absolute Gasteiger partial charge is 0.291 e. The van der Waals surface area contributed by atoms with E-state index in [1.54, 1.807) is 11.8 Å². The lowest BCUT2D eigenvalue weighted by Gasteiger charge is -2.53. The second-order valence-electron chi connectivity index (χ2n) is 7.25. The Hall–Kier alpha value is -2.48. The van der Waals surface area contributed by atoms with Gasteiger partial charge in [0.2, 0.25) is 11.6 Å². The van der Waals surface area contributed by atoms with E-state index in [4.69, 9.17) is 13.9 Å². The van der Waals surface area contributed by atoms with E-state index >= 15 is 0 Å². The molecule has 4 rings (SSSR count). The van der Waals surface area contributed by atoms with Crippen molar-refractivity contribution in [3.63, 3.8) is 0 Å². The fourth-order valence-electron chi connectivity index (χ4n) is 3.84. The van der Waals surface area contributed by atoms with Gasteiger partial charge in [-0.15, -0.1) is 0 Å². The molecule has 1 amide bonds. The number of hydrogen-bond acceptors (Lipinski definition) is 6. The Labute approximate surface area is 156 Å². The molecule has 2 fully saturated rings. The minimum Gasteiger partial charge on any atom is -0.476 e. The van der Waals surface area contributed by atoms with Gasteiger partial charge in [0.15, 0.2) is 12.2 Å². The van der Waals surface area contributed by atoms with E-state index in [0.717, 1.165) is 19.3 Å². The molecule has 0 N–H and O–H groups in total. The minimum atomic E-state index is -0.447. The number of oxazole rings is 1. The molecule has 0 aromatic carbocycles. The van der Waals surface area contributed by atoms with Crippen LogP contribution in [-0.2, 0) is 4.74 Å². The lowest BCUT2D eigenvalue weighted by molar-refractivity contribution is -0.167. The second kappa shape index (κ2) is 7.26. The van der Waals surface area contributed by atoms with Gasteiger partial charge in [-0.25, -0.2) is 14.4 Å². The Kier molecular flexibility index (Phi) is 4.82. The summed E-state index contributed by atoms with van der Waals surface area (Å²) in [5, 5.41) is 0. The number of nitrogens with zero attached hydrogens (tertiary/aromatic N) is 3. The first-order valence-corrected chi connectivity index (χ1v) is 9.13. The number of pyridine rings is 1. The Morgan fingerprint density at radius 1 is 1.44 bits per heavy atom. The average molecular weight is 375 g/mol. The van der Waals surface area contributed by atoms with E-state index in [-0.39, 0.29) is 17.4 Å². The number of carbonyl (C=O) groups is 1. The van der Waals surface area contributed by atoms with Gasteiger partial charge < -0.3 is 18.8 Å². The molecule has 2 aromatic heterocycles. The van der Waals surface area contributed by atoms with Crippen molar-refractivity contribution in [2.75, 3.05) is 26.3 Å². The highest BCUT2D eigenvalue weighted by Crippen LogP contribution is 2.38. The summed E-state index contributed by atoms with van der Waals surface area (Å²) in [5.41, 5.74) is 0.310. The monoisotopic (exact) mass is 375 g/mol. The fourth-order valence-corrected chi connectivity index (χ4v) is 3.84. The second-order valence-corrected chi connectivity index (χ2v) is 7.25. The van der Waals surface area contributed by atoms with E-state index < -0.39 is 5.82 Å². The molecule has 0 bridgehead atoms. The summed E-state index contributed by atoms with van der Waals surface area (Å²) in [6.45, 7) is 3.93. The van der Waals surface area contributed by atoms with Crippen LogP contribution in [-0.4, -0.2) is 52.7 Å². The van der Waals surface area contributed by atoms with Crippen molar-refractivity contribution >= 4 is 5.91 Å². The van der Waals surface area contributed by atoms with Crippen LogP contribution < -0.4 is 4.74 Å². The molecular weight excluding hydrogens is 353 g/mol. The number of halogens is 1. The molecule has 27 heavy (non-hydrogen) atoms. The van der Waals surface area contributed by atoms with Gasteiger partial charge in [0.05, 0.1) is 25.4 Å². The highest BCUT2D eigenvalue weighted by molar-refractivity contribution is 5.93. The predicted octanol–water partition coefficient (Wildman–Crippen LogP) is 2.61. The number of amides is 1. The highest BCUT2D eigenvalue weighted by Gasteiger charge is 2.49. The molecule has 0 radical (unpaired) electrons. The molecule has 2 saturated heterocycles. The predicted molar refractivity (Wildman–Crippen MR) is 92.9 cm³/mol. The van der Waals surface area contributed by atoms with E-state index in [0.29, 0.717) is 43.7 Å². The van der Waals surface area contributed by atoms with Crippen LogP contribution in [0.1, 0.15) is 35.5 Å². The third kappa shape index (κ3) is 3.66. The third-order valence-corrected chi connectivity index (χ3v) is 5.27. The Balaban J connectivity index is 1.27. The van der Waals surface area contributed by atoms with Crippen molar-refractivity contribution in [3.8, 4) is 5.88 Å². The summed E-state index contributed by atoms with van der Waals surface area (Å²) in [7, 11) is 0. The molecule has 1 atom stereocenters. The van der Waals surface area contributed by atoms with Crippen LogP contribution in [0, 0.1) is 18.7 Å². The maximum absolute atomic E-state index is 13.5. The summed E-state index contributed by atoms with van der Waals surface area (Å²) in [6, 6.07) is 2.87. The normalized spacial score (nSPS) is 21.1. The zero-order chi connectivity index (χ0) is 18.9. The Bertz CT molecular complexity index is 819. The number of ether oxygens (including phenoxy) is 2. The molecule has 1 spiro atoms. The lowest BCUT2D eigenvalue weighted by Crippen LogP contribution is -2.66.